The van der Waals surface area contributed by atoms with E-state index in [9.17, 15) is 4.79 Å². The van der Waals surface area contributed by atoms with Gasteiger partial charge in [0, 0.05) is 33.9 Å². The van der Waals surface area contributed by atoms with E-state index < -0.39 is 24.0 Å². The molecule has 0 spiro atoms. The molecule has 0 aromatic heterocycles. The normalized spacial score (nSPS) is 6.95. The topological polar surface area (TPSA) is 187 Å². The highest BCUT2D eigenvalue weighted by atomic mass is 16.4. The van der Waals surface area contributed by atoms with E-state index in [1.807, 2.05) is 0 Å². The lowest BCUT2D eigenvalue weighted by molar-refractivity contribution is -0.135. The van der Waals surface area contributed by atoms with Gasteiger partial charge in [0.05, 0.1) is 0 Å². The highest BCUT2D eigenvalue weighted by molar-refractivity contribution is 5.64. The van der Waals surface area contributed by atoms with Crippen LogP contribution in [0.2, 0.25) is 0 Å². The van der Waals surface area contributed by atoms with Crippen molar-refractivity contribution in [3.8, 4) is 0 Å². The molecule has 7 N–H and O–H groups in total. The van der Waals surface area contributed by atoms with Crippen molar-refractivity contribution in [3.63, 3.8) is 0 Å². The van der Waals surface area contributed by atoms with Gasteiger partial charge in [0.2, 0.25) is 0 Å². The number of carboxylic acid groups (broad SMARTS) is 4. The molecule has 0 aliphatic carbocycles. The molecule has 0 aliphatic heterocycles. The van der Waals surface area contributed by atoms with Crippen molar-refractivity contribution >= 4 is 24.0 Å². The predicted octanol–water partition coefficient (Wildman–Crippen LogP) is -0.515. The Labute approximate surface area is 109 Å². The van der Waals surface area contributed by atoms with Gasteiger partial charge in [-0.1, -0.05) is 0 Å². The Bertz CT molecular complexity index is 226. The van der Waals surface area contributed by atoms with Gasteiger partial charge in [0.15, 0.2) is 0 Å². The fourth-order valence-corrected chi connectivity index (χ4v) is 0.179. The summed E-state index contributed by atoms with van der Waals surface area (Å²) < 4.78 is 0. The largest absolute Gasteiger partial charge is 0.481 e. The summed E-state index contributed by atoms with van der Waals surface area (Å²) in [6, 6.07) is 0. The van der Waals surface area contributed by atoms with Crippen LogP contribution in [0.1, 0.15) is 20.8 Å². The van der Waals surface area contributed by atoms with Crippen LogP contribution in [0.3, 0.4) is 0 Å². The van der Waals surface area contributed by atoms with E-state index in [0.717, 1.165) is 20.8 Å². The summed E-state index contributed by atoms with van der Waals surface area (Å²) in [4.78, 5) is 36.6. The first-order valence-corrected chi connectivity index (χ1v) is 4.72. The van der Waals surface area contributed by atoms with Crippen molar-refractivity contribution < 1.29 is 39.6 Å². The maximum Gasteiger partial charge on any atom is 0.404 e. The van der Waals surface area contributed by atoms with Crippen molar-refractivity contribution in [2.45, 2.75) is 20.8 Å². The lowest BCUT2D eigenvalue weighted by atomic mass is 10.7. The molecule has 0 aliphatic rings. The average Bonchev–Trinajstić information content (AvgIpc) is 2.11. The van der Waals surface area contributed by atoms with Gasteiger partial charge < -0.3 is 31.5 Å². The number of carbonyl (C=O) groups is 4. The molecule has 0 saturated carbocycles. The first kappa shape index (κ1) is 25.5. The lowest BCUT2D eigenvalue weighted by Gasteiger charge is -1.92. The fraction of sp³-hybridized carbons (Fsp3) is 0.556. The van der Waals surface area contributed by atoms with E-state index in [4.69, 9.17) is 40.5 Å². The predicted molar refractivity (Wildman–Crippen MR) is 65.0 cm³/mol. The van der Waals surface area contributed by atoms with Gasteiger partial charge in [-0.3, -0.25) is 14.4 Å². The Hall–Kier alpha value is -2.36. The quantitative estimate of drug-likeness (QED) is 0.387. The third-order valence-corrected chi connectivity index (χ3v) is 0.421. The molecule has 0 aromatic carbocycles. The summed E-state index contributed by atoms with van der Waals surface area (Å²) in [6.45, 7) is 3.93. The van der Waals surface area contributed by atoms with Crippen LogP contribution in [0, 0.1) is 0 Å². The van der Waals surface area contributed by atoms with Gasteiger partial charge in [-0.25, -0.2) is 4.79 Å². The summed E-state index contributed by atoms with van der Waals surface area (Å²) in [7, 11) is 0. The van der Waals surface area contributed by atoms with Gasteiger partial charge in [0.25, 0.3) is 17.9 Å². The Kier molecular flexibility index (Phi) is 28.1. The molecule has 0 unspecified atom stereocenters. The highest BCUT2D eigenvalue weighted by Gasteiger charge is 1.86. The zero-order valence-electron chi connectivity index (χ0n) is 10.9. The Morgan fingerprint density at radius 1 is 0.842 bits per heavy atom. The molecular formula is C9H20N2O8. The van der Waals surface area contributed by atoms with Gasteiger partial charge in [-0.05, 0) is 0 Å². The summed E-state index contributed by atoms with van der Waals surface area (Å²) >= 11 is 0. The maximum absolute atomic E-state index is 9.59. The van der Waals surface area contributed by atoms with E-state index in [-0.39, 0.29) is 0 Å². The number of amides is 1. The maximum atomic E-state index is 9.59. The second-order valence-electron chi connectivity index (χ2n) is 2.58. The Balaban J connectivity index is -0.0000000825. The number of aliphatic carboxylic acids is 3. The van der Waals surface area contributed by atoms with Crippen LogP contribution >= 0.6 is 0 Å². The van der Waals surface area contributed by atoms with Crippen molar-refractivity contribution in [3.05, 3.63) is 0 Å². The van der Waals surface area contributed by atoms with E-state index in [0.29, 0.717) is 13.1 Å². The molecular weight excluding hydrogens is 264 g/mol. The molecule has 1 amide bonds. The van der Waals surface area contributed by atoms with Crippen LogP contribution in [-0.4, -0.2) is 57.5 Å². The van der Waals surface area contributed by atoms with Gasteiger partial charge in [-0.2, -0.15) is 0 Å². The average molecular weight is 284 g/mol. The Morgan fingerprint density at radius 3 is 1.11 bits per heavy atom. The van der Waals surface area contributed by atoms with Crippen LogP contribution in [-0.2, 0) is 14.4 Å². The third-order valence-electron chi connectivity index (χ3n) is 0.421. The second kappa shape index (κ2) is 21.0. The number of carboxylic acids is 3. The number of nitrogens with one attached hydrogen (secondary N) is 1. The molecule has 0 saturated heterocycles. The highest BCUT2D eigenvalue weighted by Crippen LogP contribution is 1.54. The van der Waals surface area contributed by atoms with Gasteiger partial charge in [0.1, 0.15) is 0 Å². The van der Waals surface area contributed by atoms with E-state index in [1.165, 1.54) is 0 Å². The molecule has 0 bridgehead atoms. The van der Waals surface area contributed by atoms with Crippen LogP contribution in [0.5, 0.6) is 0 Å². The summed E-state index contributed by atoms with van der Waals surface area (Å²) in [6.07, 6.45) is -1.02. The van der Waals surface area contributed by atoms with Gasteiger partial charge >= 0.3 is 6.09 Å². The molecule has 10 heteroatoms. The monoisotopic (exact) mass is 284 g/mol. The van der Waals surface area contributed by atoms with Crippen molar-refractivity contribution in [2.75, 3.05) is 13.1 Å². The Morgan fingerprint density at radius 2 is 1.05 bits per heavy atom. The molecule has 114 valence electrons. The zero-order valence-corrected chi connectivity index (χ0v) is 10.9. The minimum atomic E-state index is -1.02. The molecule has 0 radical (unpaired) electrons. The fourth-order valence-electron chi connectivity index (χ4n) is 0.179. The second-order valence-corrected chi connectivity index (χ2v) is 2.58. The molecule has 10 nitrogen and oxygen atoms in total. The van der Waals surface area contributed by atoms with Crippen LogP contribution in [0.4, 0.5) is 4.79 Å². The molecule has 0 atom stereocenters. The van der Waals surface area contributed by atoms with E-state index >= 15 is 0 Å². The first-order valence-electron chi connectivity index (χ1n) is 4.72. The number of hydrogen-bond acceptors (Lipinski definition) is 5. The third kappa shape index (κ3) is 1080. The smallest absolute Gasteiger partial charge is 0.404 e. The number of nitrogens with two attached hydrogens (primary N) is 1. The number of hydrogen-bond donors (Lipinski definition) is 6. The molecule has 0 heterocycles. The molecule has 0 fully saturated rings. The summed E-state index contributed by atoms with van der Waals surface area (Å²) in [5, 5.41) is 32.2. The van der Waals surface area contributed by atoms with E-state index in [1.54, 1.807) is 0 Å². The molecule has 0 rings (SSSR count). The lowest BCUT2D eigenvalue weighted by Crippen LogP contribution is -2.27. The zero-order chi connectivity index (χ0) is 16.4. The summed E-state index contributed by atoms with van der Waals surface area (Å²) in [5.74, 6) is -2.50. The summed E-state index contributed by atoms with van der Waals surface area (Å²) in [5.41, 5.74) is 4.95. The molecule has 0 aromatic rings. The van der Waals surface area contributed by atoms with Gasteiger partial charge in [-0.15, -0.1) is 0 Å². The first-order chi connectivity index (χ1) is 8.47. The minimum Gasteiger partial charge on any atom is -0.481 e. The van der Waals surface area contributed by atoms with Crippen molar-refractivity contribution in [1.82, 2.24) is 5.32 Å². The van der Waals surface area contributed by atoms with Crippen molar-refractivity contribution in [1.29, 1.82) is 0 Å². The standard InChI is InChI=1S/C3H8N2O2.3C2H4O2/c4-1-2-5-3(6)7;3*1-2(3)4/h5H,1-2,4H2,(H,6,7);3*1H3,(H,3,4). The van der Waals surface area contributed by atoms with Crippen LogP contribution in [0.25, 0.3) is 0 Å². The minimum absolute atomic E-state index is 0.329. The van der Waals surface area contributed by atoms with E-state index in [2.05, 4.69) is 5.32 Å². The van der Waals surface area contributed by atoms with Crippen LogP contribution < -0.4 is 11.1 Å². The SMILES string of the molecule is CC(=O)O.CC(=O)O.CC(=O)O.NCCNC(=O)O. The van der Waals surface area contributed by atoms with Crippen molar-refractivity contribution in [2.24, 2.45) is 5.73 Å². The number of rotatable bonds is 2. The van der Waals surface area contributed by atoms with Crippen LogP contribution in [0.15, 0.2) is 0 Å². The molecule has 19 heavy (non-hydrogen) atoms.